The van der Waals surface area contributed by atoms with Gasteiger partial charge in [0.1, 0.15) is 5.78 Å². The highest BCUT2D eigenvalue weighted by Gasteiger charge is 2.61. The summed E-state index contributed by atoms with van der Waals surface area (Å²) in [7, 11) is 1.94. The zero-order chi connectivity index (χ0) is 22.2. The minimum absolute atomic E-state index is 0.287. The van der Waals surface area contributed by atoms with E-state index < -0.39 is 0 Å². The van der Waals surface area contributed by atoms with Gasteiger partial charge in [0.25, 0.3) is 0 Å². The fourth-order valence-corrected chi connectivity index (χ4v) is 10.3. The van der Waals surface area contributed by atoms with Crippen LogP contribution in [0.25, 0.3) is 0 Å². The summed E-state index contributed by atoms with van der Waals surface area (Å²) in [6.07, 6.45) is 24.2. The first kappa shape index (κ1) is 23.4. The lowest BCUT2D eigenvalue weighted by molar-refractivity contribution is -0.150. The Bertz CT molecular complexity index is 645. The number of rotatable bonds is 5. The summed E-state index contributed by atoms with van der Waals surface area (Å²) < 4.78 is 5.94. The molecule has 0 N–H and O–H groups in total. The molecule has 0 amide bonds. The molecule has 5 aliphatic carbocycles. The first-order chi connectivity index (χ1) is 15.6. The van der Waals surface area contributed by atoms with E-state index in [0.29, 0.717) is 23.0 Å². The van der Waals surface area contributed by atoms with E-state index in [1.807, 2.05) is 7.11 Å². The molecule has 182 valence electrons. The third kappa shape index (κ3) is 4.03. The van der Waals surface area contributed by atoms with Crippen LogP contribution in [0.4, 0.5) is 0 Å². The van der Waals surface area contributed by atoms with E-state index in [1.54, 1.807) is 0 Å². The fourth-order valence-electron chi connectivity index (χ4n) is 10.3. The van der Waals surface area contributed by atoms with E-state index in [-0.39, 0.29) is 5.41 Å². The van der Waals surface area contributed by atoms with Gasteiger partial charge in [0.05, 0.1) is 6.61 Å². The number of fused-ring (bicyclic) bond motifs is 5. The molecule has 0 aromatic carbocycles. The standard InChI is InChI=1S/C30H50O2/c1-29-19-17-26-24(14-13-23-12-8-9-18-30(23,26)21-32-2)25(29)15-16-27(29)28(31)20-22-10-6-4-3-5-7-11-22/h22-27H,3-21H2,1-2H3. The number of ether oxygens (including phenoxy) is 1. The van der Waals surface area contributed by atoms with Gasteiger partial charge in [-0.2, -0.15) is 0 Å². The summed E-state index contributed by atoms with van der Waals surface area (Å²) in [5.41, 5.74) is 0.744. The van der Waals surface area contributed by atoms with Gasteiger partial charge in [0, 0.05) is 19.4 Å². The topological polar surface area (TPSA) is 26.3 Å². The molecule has 2 heteroatoms. The van der Waals surface area contributed by atoms with E-state index in [2.05, 4.69) is 6.92 Å². The summed E-state index contributed by atoms with van der Waals surface area (Å²) in [5.74, 6) is 5.13. The highest BCUT2D eigenvalue weighted by atomic mass is 16.5. The Morgan fingerprint density at radius 1 is 0.781 bits per heavy atom. The van der Waals surface area contributed by atoms with Crippen LogP contribution in [-0.2, 0) is 9.53 Å². The van der Waals surface area contributed by atoms with Crippen LogP contribution >= 0.6 is 0 Å². The molecular weight excluding hydrogens is 392 g/mol. The van der Waals surface area contributed by atoms with E-state index >= 15 is 0 Å². The molecule has 0 aromatic heterocycles. The van der Waals surface area contributed by atoms with E-state index in [0.717, 1.165) is 36.7 Å². The Morgan fingerprint density at radius 3 is 2.31 bits per heavy atom. The molecule has 0 aromatic rings. The number of ketones is 1. The summed E-state index contributed by atoms with van der Waals surface area (Å²) in [6.45, 7) is 3.55. The Morgan fingerprint density at radius 2 is 1.53 bits per heavy atom. The second kappa shape index (κ2) is 9.71. The van der Waals surface area contributed by atoms with Gasteiger partial charge in [0.2, 0.25) is 0 Å². The van der Waals surface area contributed by atoms with Gasteiger partial charge in [-0.1, -0.05) is 64.7 Å². The van der Waals surface area contributed by atoms with Crippen molar-refractivity contribution < 1.29 is 9.53 Å². The maximum absolute atomic E-state index is 13.7. The lowest BCUT2D eigenvalue weighted by atomic mass is 9.44. The predicted octanol–water partition coefficient (Wildman–Crippen LogP) is 7.98. The van der Waals surface area contributed by atoms with Gasteiger partial charge in [-0.25, -0.2) is 0 Å². The molecule has 5 rings (SSSR count). The van der Waals surface area contributed by atoms with Gasteiger partial charge < -0.3 is 4.74 Å². The second-order valence-electron chi connectivity index (χ2n) is 13.1. The van der Waals surface area contributed by atoms with Crippen LogP contribution in [0.2, 0.25) is 0 Å². The maximum atomic E-state index is 13.7. The first-order valence-electron chi connectivity index (χ1n) is 14.6. The van der Waals surface area contributed by atoms with Crippen molar-refractivity contribution in [1.29, 1.82) is 0 Å². The molecular formula is C30H50O2. The van der Waals surface area contributed by atoms with E-state index in [4.69, 9.17) is 4.74 Å². The number of carbonyl (C=O) groups excluding carboxylic acids is 1. The molecule has 0 spiro atoms. The summed E-state index contributed by atoms with van der Waals surface area (Å²) in [6, 6.07) is 0. The lowest BCUT2D eigenvalue weighted by Gasteiger charge is -2.61. The van der Waals surface area contributed by atoms with Gasteiger partial charge in [-0.15, -0.1) is 0 Å². The maximum Gasteiger partial charge on any atom is 0.136 e. The molecule has 0 bridgehead atoms. The van der Waals surface area contributed by atoms with Gasteiger partial charge in [-0.3, -0.25) is 4.79 Å². The number of hydrogen-bond donors (Lipinski definition) is 0. The summed E-state index contributed by atoms with van der Waals surface area (Å²) in [5, 5.41) is 0. The van der Waals surface area contributed by atoms with Crippen LogP contribution in [0.15, 0.2) is 0 Å². The number of Topliss-reactive ketones (excluding diaryl/α,β-unsaturated/α-hetero) is 1. The third-order valence-electron chi connectivity index (χ3n) is 11.8. The molecule has 0 heterocycles. The number of carbonyl (C=O) groups is 1. The van der Waals surface area contributed by atoms with E-state index in [9.17, 15) is 4.79 Å². The van der Waals surface area contributed by atoms with Crippen LogP contribution < -0.4 is 0 Å². The van der Waals surface area contributed by atoms with Crippen molar-refractivity contribution in [2.75, 3.05) is 13.7 Å². The monoisotopic (exact) mass is 442 g/mol. The van der Waals surface area contributed by atoms with E-state index in [1.165, 1.54) is 109 Å². The van der Waals surface area contributed by atoms with Gasteiger partial charge in [-0.05, 0) is 91.8 Å². The smallest absolute Gasteiger partial charge is 0.136 e. The Labute approximate surface area is 198 Å². The summed E-state index contributed by atoms with van der Waals surface area (Å²) >= 11 is 0. The van der Waals surface area contributed by atoms with Crippen LogP contribution in [0.1, 0.15) is 122 Å². The molecule has 0 saturated heterocycles. The first-order valence-corrected chi connectivity index (χ1v) is 14.6. The Hall–Kier alpha value is -0.370. The highest BCUT2D eigenvalue weighted by molar-refractivity contribution is 5.82. The fraction of sp³-hybridized carbons (Fsp3) is 0.967. The molecule has 0 radical (unpaired) electrons. The van der Waals surface area contributed by atoms with Crippen molar-refractivity contribution in [3.8, 4) is 0 Å². The molecule has 32 heavy (non-hydrogen) atoms. The SMILES string of the molecule is COCC12CCCCC1CCC1C3CCC(C(=O)CC4CCCCCCC4)C3(C)CCC12. The normalized spacial score (nSPS) is 45.2. The van der Waals surface area contributed by atoms with Crippen molar-refractivity contribution in [2.45, 2.75) is 122 Å². The minimum atomic E-state index is 0.287. The molecule has 2 nitrogen and oxygen atoms in total. The molecule has 5 aliphatic rings. The van der Waals surface area contributed by atoms with Crippen molar-refractivity contribution in [3.63, 3.8) is 0 Å². The lowest BCUT2D eigenvalue weighted by Crippen LogP contribution is -2.56. The zero-order valence-corrected chi connectivity index (χ0v) is 21.2. The van der Waals surface area contributed by atoms with Gasteiger partial charge >= 0.3 is 0 Å². The zero-order valence-electron chi connectivity index (χ0n) is 21.2. The van der Waals surface area contributed by atoms with Crippen molar-refractivity contribution >= 4 is 5.78 Å². The quantitative estimate of drug-likeness (QED) is 0.431. The average molecular weight is 443 g/mol. The van der Waals surface area contributed by atoms with Crippen molar-refractivity contribution in [2.24, 2.45) is 46.3 Å². The minimum Gasteiger partial charge on any atom is -0.384 e. The molecule has 0 aliphatic heterocycles. The third-order valence-corrected chi connectivity index (χ3v) is 11.8. The van der Waals surface area contributed by atoms with Crippen molar-refractivity contribution in [1.82, 2.24) is 0 Å². The van der Waals surface area contributed by atoms with Crippen LogP contribution in [-0.4, -0.2) is 19.5 Å². The number of methoxy groups -OCH3 is 1. The molecule has 7 atom stereocenters. The largest absolute Gasteiger partial charge is 0.384 e. The molecule has 5 fully saturated rings. The number of hydrogen-bond acceptors (Lipinski definition) is 2. The highest BCUT2D eigenvalue weighted by Crippen LogP contribution is 2.67. The molecule has 7 unspecified atom stereocenters. The summed E-state index contributed by atoms with van der Waals surface area (Å²) in [4.78, 5) is 13.7. The average Bonchev–Trinajstić information content (AvgIpc) is 3.13. The van der Waals surface area contributed by atoms with Crippen LogP contribution in [0.3, 0.4) is 0 Å². The Balaban J connectivity index is 1.30. The second-order valence-corrected chi connectivity index (χ2v) is 13.1. The predicted molar refractivity (Wildman–Crippen MR) is 131 cm³/mol. The molecule has 5 saturated carbocycles. The van der Waals surface area contributed by atoms with Crippen molar-refractivity contribution in [3.05, 3.63) is 0 Å². The Kier molecular flexibility index (Phi) is 7.09. The van der Waals surface area contributed by atoms with Gasteiger partial charge in [0.15, 0.2) is 0 Å². The van der Waals surface area contributed by atoms with Crippen LogP contribution in [0.5, 0.6) is 0 Å². The van der Waals surface area contributed by atoms with Crippen LogP contribution in [0, 0.1) is 46.3 Å².